The number of para-hydroxylation sites is 1. The minimum Gasteiger partial charge on any atom is -0.304 e. The molecule has 2 bridgehead atoms. The summed E-state index contributed by atoms with van der Waals surface area (Å²) in [5.41, 5.74) is 3.53. The van der Waals surface area contributed by atoms with E-state index in [4.69, 9.17) is 0 Å². The monoisotopic (exact) mass is 408 g/mol. The lowest BCUT2D eigenvalue weighted by Crippen LogP contribution is -2.35. The number of hydrogen-bond donors (Lipinski definition) is 0. The van der Waals surface area contributed by atoms with Crippen LogP contribution < -0.4 is 5.56 Å². The Hall–Kier alpha value is -2.32. The predicted molar refractivity (Wildman–Crippen MR) is 122 cm³/mol. The Balaban J connectivity index is 0.000000318. The van der Waals surface area contributed by atoms with E-state index in [9.17, 15) is 10.1 Å². The molecule has 4 rings (SSSR count). The molecule has 5 nitrogen and oxygen atoms in total. The number of aromatic nitrogens is 2. The zero-order valence-corrected chi connectivity index (χ0v) is 19.6. The minimum absolute atomic E-state index is 0.0216. The lowest BCUT2D eigenvalue weighted by molar-refractivity contribution is 0.218. The molecule has 30 heavy (non-hydrogen) atoms. The van der Waals surface area contributed by atoms with Crippen molar-refractivity contribution in [3.05, 3.63) is 51.4 Å². The summed E-state index contributed by atoms with van der Waals surface area (Å²) >= 11 is 0. The topological polar surface area (TPSA) is 54.0 Å². The Labute approximate surface area is 180 Å². The molecule has 0 saturated heterocycles. The summed E-state index contributed by atoms with van der Waals surface area (Å²) in [5, 5.41) is 9.38. The van der Waals surface area contributed by atoms with Gasteiger partial charge in [-0.3, -0.25) is 9.48 Å². The standard InChI is InChI=1S/C19H21N3O.C6H15N/c1-18(2)13-9-10-19(18,3)16-15(13)17(23)22(21(16)4)14-8-6-5-7-12(14)11-20;1-4-7(5-2)6-3/h5-8,13H,9-10H2,1-4H3;4-6H2,1-3H3/t13-,19+;/m1./s1. The van der Waals surface area contributed by atoms with Gasteiger partial charge in [0.05, 0.1) is 16.9 Å². The minimum atomic E-state index is 0.0216. The number of nitrogens with zero attached hydrogens (tertiary/aromatic N) is 4. The Morgan fingerprint density at radius 1 is 1.13 bits per heavy atom. The van der Waals surface area contributed by atoms with Crippen LogP contribution in [0.1, 0.15) is 77.1 Å². The molecule has 1 aromatic carbocycles. The first-order chi connectivity index (χ1) is 14.2. The van der Waals surface area contributed by atoms with E-state index < -0.39 is 0 Å². The van der Waals surface area contributed by atoms with Crippen LogP contribution in [-0.2, 0) is 12.5 Å². The van der Waals surface area contributed by atoms with Crippen molar-refractivity contribution in [2.75, 3.05) is 19.6 Å². The van der Waals surface area contributed by atoms with Gasteiger partial charge in [0.25, 0.3) is 5.56 Å². The Morgan fingerprint density at radius 2 is 1.73 bits per heavy atom. The van der Waals surface area contributed by atoms with Crippen molar-refractivity contribution < 1.29 is 0 Å². The Morgan fingerprint density at radius 3 is 2.23 bits per heavy atom. The predicted octanol–water partition coefficient (Wildman–Crippen LogP) is 4.57. The fourth-order valence-corrected chi connectivity index (χ4v) is 5.72. The van der Waals surface area contributed by atoms with Crippen molar-refractivity contribution in [2.45, 2.75) is 65.7 Å². The number of hydrogen-bond acceptors (Lipinski definition) is 3. The second-order valence-corrected chi connectivity index (χ2v) is 9.30. The van der Waals surface area contributed by atoms with Gasteiger partial charge in [0.1, 0.15) is 6.07 Å². The van der Waals surface area contributed by atoms with Crippen molar-refractivity contribution in [1.29, 1.82) is 5.26 Å². The fourth-order valence-electron chi connectivity index (χ4n) is 5.72. The molecule has 1 heterocycles. The average Bonchev–Trinajstić information content (AvgIpc) is 3.21. The van der Waals surface area contributed by atoms with E-state index in [1.807, 2.05) is 29.9 Å². The zero-order valence-electron chi connectivity index (χ0n) is 19.6. The molecule has 1 aromatic heterocycles. The molecule has 2 aromatic rings. The van der Waals surface area contributed by atoms with Crippen LogP contribution in [0.25, 0.3) is 5.69 Å². The largest absolute Gasteiger partial charge is 0.304 e. The molecule has 5 heteroatoms. The van der Waals surface area contributed by atoms with E-state index in [-0.39, 0.29) is 16.4 Å². The SMILES string of the molecule is CCN(CC)CC.Cn1c2c(c(=O)n1-c1ccccc1C#N)[C@H]1CC[C@]2(C)C1(C)C. The molecule has 2 atom stereocenters. The maximum Gasteiger partial charge on any atom is 0.275 e. The molecule has 162 valence electrons. The van der Waals surface area contributed by atoms with Gasteiger partial charge in [-0.1, -0.05) is 53.7 Å². The lowest BCUT2D eigenvalue weighted by Gasteiger charge is -2.36. The molecular formula is C25H36N4O. The summed E-state index contributed by atoms with van der Waals surface area (Å²) in [5.74, 6) is 0.316. The number of nitriles is 1. The van der Waals surface area contributed by atoms with Crippen LogP contribution in [0.5, 0.6) is 0 Å². The first kappa shape index (κ1) is 22.4. The average molecular weight is 409 g/mol. The summed E-state index contributed by atoms with van der Waals surface area (Å²) in [7, 11) is 1.95. The molecule has 2 aliphatic rings. The van der Waals surface area contributed by atoms with E-state index in [2.05, 4.69) is 52.5 Å². The number of benzene rings is 1. The third-order valence-electron chi connectivity index (χ3n) is 7.99. The van der Waals surface area contributed by atoms with Gasteiger partial charge < -0.3 is 4.90 Å². The highest BCUT2D eigenvalue weighted by molar-refractivity contribution is 5.52. The molecule has 2 aliphatic carbocycles. The van der Waals surface area contributed by atoms with Gasteiger partial charge in [-0.15, -0.1) is 0 Å². The second-order valence-electron chi connectivity index (χ2n) is 9.30. The summed E-state index contributed by atoms with van der Waals surface area (Å²) < 4.78 is 3.68. The molecule has 0 radical (unpaired) electrons. The highest BCUT2D eigenvalue weighted by Gasteiger charge is 2.62. The third-order valence-corrected chi connectivity index (χ3v) is 7.99. The van der Waals surface area contributed by atoms with Crippen molar-refractivity contribution in [3.63, 3.8) is 0 Å². The second kappa shape index (κ2) is 8.07. The molecule has 0 amide bonds. The highest BCUT2D eigenvalue weighted by Crippen LogP contribution is 2.66. The van der Waals surface area contributed by atoms with Crippen LogP contribution in [0, 0.1) is 16.7 Å². The third kappa shape index (κ3) is 3.04. The van der Waals surface area contributed by atoms with Gasteiger partial charge in [-0.2, -0.15) is 5.26 Å². The van der Waals surface area contributed by atoms with E-state index in [0.717, 1.165) is 24.1 Å². The molecule has 0 unspecified atom stereocenters. The zero-order chi connectivity index (χ0) is 22.3. The van der Waals surface area contributed by atoms with Crippen molar-refractivity contribution in [2.24, 2.45) is 12.5 Å². The van der Waals surface area contributed by atoms with Gasteiger partial charge in [0.2, 0.25) is 0 Å². The lowest BCUT2D eigenvalue weighted by atomic mass is 9.70. The van der Waals surface area contributed by atoms with Crippen molar-refractivity contribution >= 4 is 0 Å². The quantitative estimate of drug-likeness (QED) is 0.745. The number of rotatable bonds is 4. The molecular weight excluding hydrogens is 372 g/mol. The molecule has 0 N–H and O–H groups in total. The first-order valence-electron chi connectivity index (χ1n) is 11.2. The van der Waals surface area contributed by atoms with Gasteiger partial charge in [-0.25, -0.2) is 4.68 Å². The maximum atomic E-state index is 13.2. The van der Waals surface area contributed by atoms with E-state index in [0.29, 0.717) is 17.2 Å². The first-order valence-corrected chi connectivity index (χ1v) is 11.2. The van der Waals surface area contributed by atoms with E-state index in [1.165, 1.54) is 19.6 Å². The summed E-state index contributed by atoms with van der Waals surface area (Å²) in [6, 6.07) is 9.53. The normalized spacial score (nSPS) is 23.1. The van der Waals surface area contributed by atoms with Gasteiger partial charge in [0, 0.05) is 18.0 Å². The van der Waals surface area contributed by atoms with Gasteiger partial charge in [-0.05, 0) is 55.9 Å². The van der Waals surface area contributed by atoms with Crippen molar-refractivity contribution in [1.82, 2.24) is 14.3 Å². The van der Waals surface area contributed by atoms with Crippen LogP contribution >= 0.6 is 0 Å². The molecule has 0 aliphatic heterocycles. The van der Waals surface area contributed by atoms with E-state index in [1.54, 1.807) is 10.7 Å². The smallest absolute Gasteiger partial charge is 0.275 e. The maximum absolute atomic E-state index is 13.2. The van der Waals surface area contributed by atoms with E-state index >= 15 is 0 Å². The highest BCUT2D eigenvalue weighted by atomic mass is 16.1. The number of fused-ring (bicyclic) bond motifs is 5. The van der Waals surface area contributed by atoms with Crippen LogP contribution in [0.4, 0.5) is 0 Å². The van der Waals surface area contributed by atoms with Crippen molar-refractivity contribution in [3.8, 4) is 11.8 Å². The van der Waals surface area contributed by atoms with Crippen LogP contribution in [0.2, 0.25) is 0 Å². The summed E-state index contributed by atoms with van der Waals surface area (Å²) in [6.07, 6.45) is 2.20. The Bertz CT molecular complexity index is 1010. The van der Waals surface area contributed by atoms with Crippen LogP contribution in [-0.4, -0.2) is 33.9 Å². The Kier molecular flexibility index (Phi) is 6.02. The molecule has 0 spiro atoms. The summed E-state index contributed by atoms with van der Waals surface area (Å²) in [6.45, 7) is 17.0. The molecule has 1 saturated carbocycles. The van der Waals surface area contributed by atoms with Crippen LogP contribution in [0.3, 0.4) is 0 Å². The fraction of sp³-hybridized carbons (Fsp3) is 0.600. The summed E-state index contributed by atoms with van der Waals surface area (Å²) in [4.78, 5) is 15.6. The molecule has 1 fully saturated rings. The van der Waals surface area contributed by atoms with Crippen LogP contribution in [0.15, 0.2) is 29.1 Å². The van der Waals surface area contributed by atoms with Gasteiger partial charge in [0.15, 0.2) is 0 Å². The van der Waals surface area contributed by atoms with Gasteiger partial charge >= 0.3 is 0 Å².